The van der Waals surface area contributed by atoms with Gasteiger partial charge in [-0.3, -0.25) is 4.79 Å². The summed E-state index contributed by atoms with van der Waals surface area (Å²) in [4.78, 5) is 24.3. The quantitative estimate of drug-likeness (QED) is 0.744. The minimum atomic E-state index is -1.12. The highest BCUT2D eigenvalue weighted by Crippen LogP contribution is 2.35. The summed E-state index contributed by atoms with van der Waals surface area (Å²) in [6.07, 6.45) is -1.12. The molecule has 0 radical (unpaired) electrons. The maximum absolute atomic E-state index is 12.9. The second kappa shape index (κ2) is 8.53. The Morgan fingerprint density at radius 3 is 2.54 bits per heavy atom. The fraction of sp³-hybridized carbons (Fsp3) is 0.222. The molecule has 2 N–H and O–H groups in total. The van der Waals surface area contributed by atoms with E-state index in [0.717, 1.165) is 0 Å². The van der Waals surface area contributed by atoms with Gasteiger partial charge in [0.05, 0.1) is 17.2 Å². The molecule has 0 fully saturated rings. The number of hydrogen-bond donors (Lipinski definition) is 2. The van der Waals surface area contributed by atoms with Gasteiger partial charge in [-0.25, -0.2) is 9.18 Å². The Labute approximate surface area is 154 Å². The fourth-order valence-corrected chi connectivity index (χ4v) is 2.23. The van der Waals surface area contributed by atoms with E-state index in [4.69, 9.17) is 21.1 Å². The highest BCUT2D eigenvalue weighted by molar-refractivity contribution is 6.32. The Balaban J connectivity index is 2.06. The van der Waals surface area contributed by atoms with Gasteiger partial charge >= 0.3 is 5.97 Å². The predicted octanol–water partition coefficient (Wildman–Crippen LogP) is 3.77. The van der Waals surface area contributed by atoms with Crippen molar-refractivity contribution in [2.75, 3.05) is 11.9 Å². The molecule has 26 heavy (non-hydrogen) atoms. The molecule has 1 atom stereocenters. The molecule has 0 bridgehead atoms. The van der Waals surface area contributed by atoms with Crippen molar-refractivity contribution < 1.29 is 28.6 Å². The molecule has 0 aromatic heterocycles. The van der Waals surface area contributed by atoms with Gasteiger partial charge in [0.25, 0.3) is 5.91 Å². The molecule has 2 rings (SSSR count). The maximum Gasteiger partial charge on any atom is 0.339 e. The van der Waals surface area contributed by atoms with Crippen LogP contribution < -0.4 is 10.1 Å². The van der Waals surface area contributed by atoms with Crippen molar-refractivity contribution in [3.05, 3.63) is 52.8 Å². The topological polar surface area (TPSA) is 84.9 Å². The molecule has 2 aromatic carbocycles. The summed E-state index contributed by atoms with van der Waals surface area (Å²) in [6, 6.07) is 7.65. The second-order valence-electron chi connectivity index (χ2n) is 5.28. The first-order valence-corrected chi connectivity index (χ1v) is 8.12. The second-order valence-corrected chi connectivity index (χ2v) is 5.69. The highest BCUT2D eigenvalue weighted by Gasteiger charge is 2.21. The van der Waals surface area contributed by atoms with Crippen LogP contribution in [0.15, 0.2) is 36.4 Å². The van der Waals surface area contributed by atoms with Crippen LogP contribution in [0.4, 0.5) is 10.1 Å². The molecule has 0 aliphatic heterocycles. The highest BCUT2D eigenvalue weighted by atomic mass is 35.5. The summed E-state index contributed by atoms with van der Waals surface area (Å²) < 4.78 is 23.2. The lowest BCUT2D eigenvalue weighted by molar-refractivity contribution is -0.123. The van der Waals surface area contributed by atoms with Crippen LogP contribution in [0.1, 0.15) is 24.2 Å². The van der Waals surface area contributed by atoms with Gasteiger partial charge in [-0.15, -0.1) is 0 Å². The van der Waals surface area contributed by atoms with Crippen molar-refractivity contribution in [2.24, 2.45) is 0 Å². The summed E-state index contributed by atoms with van der Waals surface area (Å²) in [5, 5.41) is 12.2. The third kappa shape index (κ3) is 4.86. The summed E-state index contributed by atoms with van der Waals surface area (Å²) in [5.41, 5.74) is 0.392. The minimum Gasteiger partial charge on any atom is -0.503 e. The minimum absolute atomic E-state index is 0.0256. The zero-order valence-corrected chi connectivity index (χ0v) is 14.8. The van der Waals surface area contributed by atoms with Gasteiger partial charge < -0.3 is 19.9 Å². The van der Waals surface area contributed by atoms with E-state index in [1.165, 1.54) is 43.3 Å². The van der Waals surface area contributed by atoms with E-state index in [0.29, 0.717) is 5.69 Å². The normalized spacial score (nSPS) is 11.5. The van der Waals surface area contributed by atoms with Crippen LogP contribution in [0.2, 0.25) is 5.02 Å². The molecule has 0 aliphatic carbocycles. The molecule has 138 valence electrons. The van der Waals surface area contributed by atoms with Crippen LogP contribution in [-0.4, -0.2) is 29.7 Å². The summed E-state index contributed by atoms with van der Waals surface area (Å²) in [5.74, 6) is -2.08. The Hall–Kier alpha value is -2.80. The lowest BCUT2D eigenvalue weighted by Crippen LogP contribution is -2.30. The van der Waals surface area contributed by atoms with Crippen molar-refractivity contribution in [3.63, 3.8) is 0 Å². The van der Waals surface area contributed by atoms with Crippen molar-refractivity contribution in [2.45, 2.75) is 20.0 Å². The number of rotatable bonds is 6. The number of phenols is 1. The van der Waals surface area contributed by atoms with E-state index < -0.39 is 23.8 Å². The smallest absolute Gasteiger partial charge is 0.339 e. The molecule has 0 spiro atoms. The molecule has 2 aromatic rings. The van der Waals surface area contributed by atoms with Gasteiger partial charge in [-0.2, -0.15) is 0 Å². The first-order chi connectivity index (χ1) is 12.3. The number of benzene rings is 2. The number of ether oxygens (including phenoxy) is 2. The van der Waals surface area contributed by atoms with Crippen LogP contribution in [0, 0.1) is 5.82 Å². The van der Waals surface area contributed by atoms with Crippen molar-refractivity contribution in [1.29, 1.82) is 0 Å². The number of halogens is 2. The molecule has 0 aliphatic rings. The fourth-order valence-electron chi connectivity index (χ4n) is 2.02. The van der Waals surface area contributed by atoms with E-state index in [-0.39, 0.29) is 28.7 Å². The Morgan fingerprint density at radius 1 is 1.27 bits per heavy atom. The summed E-state index contributed by atoms with van der Waals surface area (Å²) in [6.45, 7) is 3.36. The first-order valence-electron chi connectivity index (χ1n) is 7.74. The lowest BCUT2D eigenvalue weighted by atomic mass is 10.2. The van der Waals surface area contributed by atoms with Crippen LogP contribution in [0.25, 0.3) is 0 Å². The molecular weight excluding hydrogens is 365 g/mol. The predicted molar refractivity (Wildman–Crippen MR) is 94.2 cm³/mol. The number of nitrogens with one attached hydrogen (secondary N) is 1. The number of aromatic hydroxyl groups is 1. The van der Waals surface area contributed by atoms with Gasteiger partial charge in [0.15, 0.2) is 17.6 Å². The van der Waals surface area contributed by atoms with Crippen molar-refractivity contribution in [1.82, 2.24) is 0 Å². The van der Waals surface area contributed by atoms with Crippen LogP contribution >= 0.6 is 11.6 Å². The summed E-state index contributed by atoms with van der Waals surface area (Å²) >= 11 is 5.87. The summed E-state index contributed by atoms with van der Waals surface area (Å²) in [7, 11) is 0. The number of carbonyl (C=O) groups is 2. The van der Waals surface area contributed by atoms with Gasteiger partial charge in [-0.1, -0.05) is 11.6 Å². The van der Waals surface area contributed by atoms with E-state index in [1.807, 2.05) is 0 Å². The average Bonchev–Trinajstić information content (AvgIpc) is 2.60. The number of esters is 1. The average molecular weight is 382 g/mol. The SMILES string of the molecule is CCOc1cc(C(=O)O[C@@H](C)C(=O)Nc2ccc(F)cc2)cc(Cl)c1O. The Kier molecular flexibility index (Phi) is 6.41. The number of amides is 1. The maximum atomic E-state index is 12.9. The van der Waals surface area contributed by atoms with Crippen LogP contribution in [0.3, 0.4) is 0 Å². The van der Waals surface area contributed by atoms with Crippen molar-refractivity contribution >= 4 is 29.2 Å². The van der Waals surface area contributed by atoms with E-state index >= 15 is 0 Å². The van der Waals surface area contributed by atoms with E-state index in [2.05, 4.69) is 5.32 Å². The largest absolute Gasteiger partial charge is 0.503 e. The molecular formula is C18H17ClFNO5. The molecule has 0 unspecified atom stereocenters. The third-order valence-electron chi connectivity index (χ3n) is 3.33. The van der Waals surface area contributed by atoms with Gasteiger partial charge in [0, 0.05) is 5.69 Å². The Morgan fingerprint density at radius 2 is 1.92 bits per heavy atom. The molecule has 6 nitrogen and oxygen atoms in total. The van der Waals surface area contributed by atoms with E-state index in [1.54, 1.807) is 6.92 Å². The standard InChI is InChI=1S/C18H17ClFNO5/c1-3-25-15-9-11(8-14(19)16(15)22)18(24)26-10(2)17(23)21-13-6-4-12(20)5-7-13/h4-10,22H,3H2,1-2H3,(H,21,23)/t10-/m0/s1. The zero-order chi connectivity index (χ0) is 19.3. The zero-order valence-electron chi connectivity index (χ0n) is 14.1. The molecule has 0 heterocycles. The van der Waals surface area contributed by atoms with Gasteiger partial charge in [0.2, 0.25) is 0 Å². The molecule has 1 amide bonds. The molecule has 0 saturated heterocycles. The first kappa shape index (κ1) is 19.5. The number of phenolic OH excluding ortho intramolecular Hbond substituents is 1. The molecule has 8 heteroatoms. The van der Waals surface area contributed by atoms with Crippen LogP contribution in [0.5, 0.6) is 11.5 Å². The van der Waals surface area contributed by atoms with Crippen molar-refractivity contribution in [3.8, 4) is 11.5 Å². The van der Waals surface area contributed by atoms with E-state index in [9.17, 15) is 19.1 Å². The van der Waals surface area contributed by atoms with Crippen LogP contribution in [-0.2, 0) is 9.53 Å². The monoisotopic (exact) mass is 381 g/mol. The number of anilines is 1. The number of hydrogen-bond acceptors (Lipinski definition) is 5. The number of carbonyl (C=O) groups excluding carboxylic acids is 2. The lowest BCUT2D eigenvalue weighted by Gasteiger charge is -2.15. The Bertz CT molecular complexity index is 810. The van der Waals surface area contributed by atoms with Gasteiger partial charge in [-0.05, 0) is 50.2 Å². The third-order valence-corrected chi connectivity index (χ3v) is 3.62. The molecule has 0 saturated carbocycles. The van der Waals surface area contributed by atoms with Gasteiger partial charge in [0.1, 0.15) is 5.82 Å².